The smallest absolute Gasteiger partial charge is 0.251 e. The van der Waals surface area contributed by atoms with Crippen molar-refractivity contribution in [2.45, 2.75) is 6.54 Å². The highest BCUT2D eigenvalue weighted by atomic mass is 35.5. The number of anilines is 1. The molecule has 7 nitrogen and oxygen atoms in total. The zero-order chi connectivity index (χ0) is 24.7. The predicted octanol–water partition coefficient (Wildman–Crippen LogP) is 4.78. The number of ether oxygens (including phenoxy) is 2. The summed E-state index contributed by atoms with van der Waals surface area (Å²) in [5, 5.41) is 3.24. The standard InChI is InChI=1S/C24H24Cl2N2O5S/c1-32-21-8-3-4-9-22(21)33-15-14-27-24(29)18-12-10-17(11-13-18)16-28(34(2,30)31)23-19(25)6-5-7-20(23)26/h3-13H,14-16H2,1-2H3,(H,27,29). The maximum atomic E-state index is 12.5. The normalized spacial score (nSPS) is 11.1. The molecule has 0 unspecified atom stereocenters. The van der Waals surface area contributed by atoms with Gasteiger partial charge < -0.3 is 14.8 Å². The second-order valence-corrected chi connectivity index (χ2v) is 10.0. The fraction of sp³-hybridized carbons (Fsp3) is 0.208. The van der Waals surface area contributed by atoms with E-state index < -0.39 is 10.0 Å². The largest absolute Gasteiger partial charge is 0.493 e. The van der Waals surface area contributed by atoms with Gasteiger partial charge in [0.2, 0.25) is 10.0 Å². The average Bonchev–Trinajstić information content (AvgIpc) is 2.81. The molecule has 3 aromatic rings. The van der Waals surface area contributed by atoms with Gasteiger partial charge in [-0.15, -0.1) is 0 Å². The maximum absolute atomic E-state index is 12.5. The number of amides is 1. The fourth-order valence-electron chi connectivity index (χ4n) is 3.18. The number of nitrogens with one attached hydrogen (secondary N) is 1. The van der Waals surface area contributed by atoms with Gasteiger partial charge in [0, 0.05) is 5.56 Å². The van der Waals surface area contributed by atoms with Crippen LogP contribution < -0.4 is 19.1 Å². The van der Waals surface area contributed by atoms with E-state index in [1.165, 1.54) is 0 Å². The molecular weight excluding hydrogens is 499 g/mol. The number of hydrogen-bond acceptors (Lipinski definition) is 5. The van der Waals surface area contributed by atoms with Crippen molar-refractivity contribution in [3.63, 3.8) is 0 Å². The monoisotopic (exact) mass is 522 g/mol. The molecule has 0 heterocycles. The van der Waals surface area contributed by atoms with E-state index in [9.17, 15) is 13.2 Å². The van der Waals surface area contributed by atoms with Crippen LogP contribution in [0.2, 0.25) is 10.0 Å². The van der Waals surface area contributed by atoms with Gasteiger partial charge in [-0.3, -0.25) is 9.10 Å². The van der Waals surface area contributed by atoms with Gasteiger partial charge in [0.1, 0.15) is 6.61 Å². The van der Waals surface area contributed by atoms with E-state index >= 15 is 0 Å². The van der Waals surface area contributed by atoms with Crippen LogP contribution >= 0.6 is 23.2 Å². The first-order chi connectivity index (χ1) is 16.2. The number of para-hydroxylation sites is 3. The third kappa shape index (κ3) is 6.56. The van der Waals surface area contributed by atoms with Gasteiger partial charge >= 0.3 is 0 Å². The summed E-state index contributed by atoms with van der Waals surface area (Å²) < 4.78 is 36.9. The minimum Gasteiger partial charge on any atom is -0.493 e. The molecule has 3 aromatic carbocycles. The Balaban J connectivity index is 1.62. The molecule has 0 bridgehead atoms. The first-order valence-electron chi connectivity index (χ1n) is 10.3. The lowest BCUT2D eigenvalue weighted by atomic mass is 10.1. The highest BCUT2D eigenvalue weighted by Gasteiger charge is 2.23. The number of nitrogens with zero attached hydrogens (tertiary/aromatic N) is 1. The van der Waals surface area contributed by atoms with Crippen molar-refractivity contribution in [2.75, 3.05) is 30.8 Å². The molecule has 10 heteroatoms. The van der Waals surface area contributed by atoms with Crippen molar-refractivity contribution in [1.29, 1.82) is 0 Å². The van der Waals surface area contributed by atoms with Crippen molar-refractivity contribution in [2.24, 2.45) is 0 Å². The summed E-state index contributed by atoms with van der Waals surface area (Å²) in [6, 6.07) is 18.7. The molecule has 0 fully saturated rings. The molecule has 34 heavy (non-hydrogen) atoms. The van der Waals surface area contributed by atoms with Gasteiger partial charge in [-0.05, 0) is 42.0 Å². The Labute approximate surface area is 209 Å². The third-order valence-corrected chi connectivity index (χ3v) is 6.57. The number of carbonyl (C=O) groups excluding carboxylic acids is 1. The van der Waals surface area contributed by atoms with Gasteiger partial charge in [-0.1, -0.05) is 53.5 Å². The molecule has 0 saturated heterocycles. The Kier molecular flexibility index (Phi) is 8.66. The lowest BCUT2D eigenvalue weighted by Crippen LogP contribution is -2.30. The molecule has 180 valence electrons. The molecule has 0 aliphatic carbocycles. The Bertz CT molecular complexity index is 1230. The molecule has 1 amide bonds. The number of carbonyl (C=O) groups is 1. The predicted molar refractivity (Wildman–Crippen MR) is 135 cm³/mol. The van der Waals surface area contributed by atoms with Crippen molar-refractivity contribution >= 4 is 44.8 Å². The fourth-order valence-corrected chi connectivity index (χ4v) is 4.80. The van der Waals surface area contributed by atoms with Gasteiger partial charge in [0.15, 0.2) is 11.5 Å². The van der Waals surface area contributed by atoms with Crippen LogP contribution in [0.4, 0.5) is 5.69 Å². The van der Waals surface area contributed by atoms with Crippen molar-refractivity contribution in [3.8, 4) is 11.5 Å². The number of sulfonamides is 1. The van der Waals surface area contributed by atoms with E-state index in [2.05, 4.69) is 5.32 Å². The number of hydrogen-bond donors (Lipinski definition) is 1. The summed E-state index contributed by atoms with van der Waals surface area (Å²) in [5.74, 6) is 0.938. The van der Waals surface area contributed by atoms with E-state index in [0.717, 1.165) is 10.6 Å². The van der Waals surface area contributed by atoms with Crippen molar-refractivity contribution < 1.29 is 22.7 Å². The van der Waals surface area contributed by atoms with Crippen LogP contribution in [0.15, 0.2) is 66.7 Å². The zero-order valence-electron chi connectivity index (χ0n) is 18.6. The van der Waals surface area contributed by atoms with Gasteiger partial charge in [-0.25, -0.2) is 8.42 Å². The van der Waals surface area contributed by atoms with Gasteiger partial charge in [-0.2, -0.15) is 0 Å². The lowest BCUT2D eigenvalue weighted by molar-refractivity contribution is 0.0947. The minimum atomic E-state index is -3.67. The molecule has 0 aliphatic rings. The molecule has 0 atom stereocenters. The zero-order valence-corrected chi connectivity index (χ0v) is 21.0. The topological polar surface area (TPSA) is 84.9 Å². The molecule has 3 rings (SSSR count). The average molecular weight is 523 g/mol. The molecule has 0 spiro atoms. The van der Waals surface area contributed by atoms with E-state index in [1.807, 2.05) is 12.1 Å². The number of methoxy groups -OCH3 is 1. The summed E-state index contributed by atoms with van der Waals surface area (Å²) >= 11 is 12.4. The Morgan fingerprint density at radius 1 is 0.941 bits per heavy atom. The lowest BCUT2D eigenvalue weighted by Gasteiger charge is -2.24. The van der Waals surface area contributed by atoms with Crippen LogP contribution in [0.5, 0.6) is 11.5 Å². The number of rotatable bonds is 10. The SMILES string of the molecule is COc1ccccc1OCCNC(=O)c1ccc(CN(c2c(Cl)cccc2Cl)S(C)(=O)=O)cc1. The third-order valence-electron chi connectivity index (χ3n) is 4.84. The van der Waals surface area contributed by atoms with E-state index in [0.29, 0.717) is 29.2 Å². The summed E-state index contributed by atoms with van der Waals surface area (Å²) in [4.78, 5) is 12.5. The van der Waals surface area contributed by atoms with Crippen LogP contribution in [-0.4, -0.2) is 40.8 Å². The first kappa shape index (κ1) is 25.7. The summed E-state index contributed by atoms with van der Waals surface area (Å²) in [6.45, 7) is 0.578. The van der Waals surface area contributed by atoms with E-state index in [-0.39, 0.29) is 34.8 Å². The quantitative estimate of drug-likeness (QED) is 0.387. The van der Waals surface area contributed by atoms with Crippen LogP contribution in [-0.2, 0) is 16.6 Å². The molecule has 0 saturated carbocycles. The maximum Gasteiger partial charge on any atom is 0.251 e. The Hall–Kier alpha value is -2.94. The van der Waals surface area contributed by atoms with Crippen LogP contribution in [0.3, 0.4) is 0 Å². The molecule has 0 aromatic heterocycles. The van der Waals surface area contributed by atoms with E-state index in [4.69, 9.17) is 32.7 Å². The summed E-state index contributed by atoms with van der Waals surface area (Å²) in [5.41, 5.74) is 1.31. The first-order valence-corrected chi connectivity index (χ1v) is 12.9. The highest BCUT2D eigenvalue weighted by molar-refractivity contribution is 7.92. The summed E-state index contributed by atoms with van der Waals surface area (Å²) in [6.07, 6.45) is 1.08. The van der Waals surface area contributed by atoms with Gasteiger partial charge in [0.05, 0.1) is 42.2 Å². The minimum absolute atomic E-state index is 0.0108. The highest BCUT2D eigenvalue weighted by Crippen LogP contribution is 2.36. The number of benzene rings is 3. The Morgan fingerprint density at radius 2 is 1.56 bits per heavy atom. The van der Waals surface area contributed by atoms with Crippen LogP contribution in [0.25, 0.3) is 0 Å². The second kappa shape index (κ2) is 11.5. The van der Waals surface area contributed by atoms with Crippen molar-refractivity contribution in [3.05, 3.63) is 87.9 Å². The molecule has 1 N–H and O–H groups in total. The summed E-state index contributed by atoms with van der Waals surface area (Å²) in [7, 11) is -2.11. The van der Waals surface area contributed by atoms with Crippen LogP contribution in [0, 0.1) is 0 Å². The van der Waals surface area contributed by atoms with Crippen LogP contribution in [0.1, 0.15) is 15.9 Å². The van der Waals surface area contributed by atoms with Crippen molar-refractivity contribution in [1.82, 2.24) is 5.32 Å². The van der Waals surface area contributed by atoms with E-state index in [1.54, 1.807) is 61.7 Å². The molecular formula is C24H24Cl2N2O5S. The Morgan fingerprint density at radius 3 is 2.15 bits per heavy atom. The number of halogens is 2. The molecule has 0 aliphatic heterocycles. The second-order valence-electron chi connectivity index (χ2n) is 7.29. The van der Waals surface area contributed by atoms with Gasteiger partial charge in [0.25, 0.3) is 5.91 Å². The molecule has 0 radical (unpaired) electrons.